The number of pyridine rings is 1. The van der Waals surface area contributed by atoms with Crippen molar-refractivity contribution in [1.82, 2.24) is 29.4 Å². The third-order valence-corrected chi connectivity index (χ3v) is 6.73. The summed E-state index contributed by atoms with van der Waals surface area (Å²) >= 11 is 0. The number of hydrogen-bond donors (Lipinski definition) is 1. The van der Waals surface area contributed by atoms with Gasteiger partial charge in [-0.05, 0) is 60.3 Å². The van der Waals surface area contributed by atoms with E-state index < -0.39 is 0 Å². The average molecular weight is 514 g/mol. The highest BCUT2D eigenvalue weighted by molar-refractivity contribution is 5.86. The van der Waals surface area contributed by atoms with E-state index >= 15 is 0 Å². The standard InChI is InChI=1S/C16H25N3.C15H18N4/c1-5-15-11-17-19(12-15)16-6-8-18(9-7-16)14(4)10-13(2)3;1-5-12-8-17-15(16-3)7-13(12)6-11(2)14-9-18-19(4)10-14/h5,11-13,16H,1,4,6-10H2,2-3H3;5-10,16H,2H2,1,3-4H3/b;12-5-,13-6-. The Morgan fingerprint density at radius 2 is 1.84 bits per heavy atom. The first-order chi connectivity index (χ1) is 18.2. The minimum atomic E-state index is 0.525. The number of piperidine rings is 1. The molecule has 7 nitrogen and oxygen atoms in total. The van der Waals surface area contributed by atoms with Crippen molar-refractivity contribution in [1.29, 1.82) is 0 Å². The molecular formula is C31H43N7. The first kappa shape index (κ1) is 28.7. The van der Waals surface area contributed by atoms with E-state index in [-0.39, 0.29) is 0 Å². The van der Waals surface area contributed by atoms with Gasteiger partial charge in [-0.25, -0.2) is 4.98 Å². The molecule has 38 heavy (non-hydrogen) atoms. The molecule has 1 saturated heterocycles. The van der Waals surface area contributed by atoms with Gasteiger partial charge >= 0.3 is 0 Å². The molecule has 0 saturated carbocycles. The molecule has 3 aromatic rings. The van der Waals surface area contributed by atoms with E-state index in [1.807, 2.05) is 64.0 Å². The Morgan fingerprint density at radius 3 is 2.39 bits per heavy atom. The normalized spacial score (nSPS) is 14.8. The van der Waals surface area contributed by atoms with Crippen LogP contribution in [0.2, 0.25) is 0 Å². The second-order valence-corrected chi connectivity index (χ2v) is 10.1. The molecule has 1 N–H and O–H groups in total. The number of likely N-dealkylation sites (tertiary alicyclic amines) is 1. The molecule has 0 amide bonds. The Morgan fingerprint density at radius 1 is 1.11 bits per heavy atom. The number of nitrogens with one attached hydrogen (secondary N) is 1. The van der Waals surface area contributed by atoms with Crippen LogP contribution < -0.4 is 15.8 Å². The SMILES string of the molecule is C=C(/C=c1/cc(NC)nc/c1=C/C)c1cnn(C)c1.C=Cc1cnn(C2CCN(C(=C)CC(C)C)CC2)c1. The van der Waals surface area contributed by atoms with Gasteiger partial charge in [0, 0.05) is 62.6 Å². The topological polar surface area (TPSA) is 63.8 Å². The van der Waals surface area contributed by atoms with E-state index in [9.17, 15) is 0 Å². The highest BCUT2D eigenvalue weighted by Gasteiger charge is 2.22. The monoisotopic (exact) mass is 513 g/mol. The molecule has 1 aliphatic heterocycles. The zero-order chi connectivity index (χ0) is 27.7. The zero-order valence-electron chi connectivity index (χ0n) is 23.7. The van der Waals surface area contributed by atoms with Crippen molar-refractivity contribution >= 4 is 29.6 Å². The molecule has 4 rings (SSSR count). The van der Waals surface area contributed by atoms with Gasteiger partial charge in [-0.15, -0.1) is 0 Å². The summed E-state index contributed by atoms with van der Waals surface area (Å²) in [4.78, 5) is 6.74. The molecule has 7 heteroatoms. The summed E-state index contributed by atoms with van der Waals surface area (Å²) in [7, 11) is 3.75. The van der Waals surface area contributed by atoms with Crippen molar-refractivity contribution in [3.05, 3.63) is 84.0 Å². The Hall–Kier alpha value is -3.87. The van der Waals surface area contributed by atoms with Crippen molar-refractivity contribution in [2.24, 2.45) is 13.0 Å². The van der Waals surface area contributed by atoms with Crippen LogP contribution in [0.3, 0.4) is 0 Å². The van der Waals surface area contributed by atoms with Gasteiger partial charge in [0.1, 0.15) is 5.82 Å². The van der Waals surface area contributed by atoms with Crippen LogP contribution in [0.4, 0.5) is 5.82 Å². The number of aryl methyl sites for hydroxylation is 1. The lowest BCUT2D eigenvalue weighted by atomic mass is 10.0. The van der Waals surface area contributed by atoms with Gasteiger partial charge in [-0.1, -0.05) is 45.7 Å². The number of rotatable bonds is 8. The lowest BCUT2D eigenvalue weighted by Crippen LogP contribution is -2.34. The van der Waals surface area contributed by atoms with Crippen LogP contribution in [0.15, 0.2) is 62.5 Å². The number of nitrogens with zero attached hydrogens (tertiary/aromatic N) is 6. The largest absolute Gasteiger partial charge is 0.375 e. The quantitative estimate of drug-likeness (QED) is 0.465. The summed E-state index contributed by atoms with van der Waals surface area (Å²) in [6.07, 6.45) is 18.9. The molecule has 0 spiro atoms. The van der Waals surface area contributed by atoms with Crippen LogP contribution in [0.25, 0.3) is 23.8 Å². The number of allylic oxidation sites excluding steroid dienone is 2. The maximum Gasteiger partial charge on any atom is 0.126 e. The van der Waals surface area contributed by atoms with E-state index in [0.717, 1.165) is 65.3 Å². The van der Waals surface area contributed by atoms with Gasteiger partial charge in [0.05, 0.1) is 18.4 Å². The molecule has 4 heterocycles. The van der Waals surface area contributed by atoms with E-state index in [1.54, 1.807) is 4.68 Å². The highest BCUT2D eigenvalue weighted by Crippen LogP contribution is 2.26. The molecule has 1 fully saturated rings. The van der Waals surface area contributed by atoms with Gasteiger partial charge < -0.3 is 10.2 Å². The fourth-order valence-corrected chi connectivity index (χ4v) is 4.55. The molecule has 0 aliphatic carbocycles. The van der Waals surface area contributed by atoms with Crippen molar-refractivity contribution in [2.75, 3.05) is 25.5 Å². The Labute approximate surface area is 227 Å². The van der Waals surface area contributed by atoms with E-state index in [2.05, 4.69) is 75.9 Å². The minimum absolute atomic E-state index is 0.525. The maximum atomic E-state index is 4.43. The molecule has 0 aromatic carbocycles. The summed E-state index contributed by atoms with van der Waals surface area (Å²) in [6.45, 7) is 20.8. The van der Waals surface area contributed by atoms with Crippen LogP contribution in [-0.4, -0.2) is 49.6 Å². The van der Waals surface area contributed by atoms with E-state index in [0.29, 0.717) is 12.0 Å². The van der Waals surface area contributed by atoms with E-state index in [4.69, 9.17) is 0 Å². The lowest BCUT2D eigenvalue weighted by molar-refractivity contribution is 0.211. The first-order valence-corrected chi connectivity index (χ1v) is 13.3. The fraction of sp³-hybridized carbons (Fsp3) is 0.387. The van der Waals surface area contributed by atoms with Crippen molar-refractivity contribution in [2.45, 2.75) is 46.1 Å². The van der Waals surface area contributed by atoms with Gasteiger partial charge in [-0.3, -0.25) is 9.36 Å². The van der Waals surface area contributed by atoms with Crippen molar-refractivity contribution in [3.63, 3.8) is 0 Å². The summed E-state index contributed by atoms with van der Waals surface area (Å²) in [5.74, 6) is 1.53. The molecule has 1 aliphatic rings. The number of aromatic nitrogens is 5. The zero-order valence-corrected chi connectivity index (χ0v) is 23.7. The van der Waals surface area contributed by atoms with Crippen LogP contribution in [0, 0.1) is 5.92 Å². The maximum absolute atomic E-state index is 4.43. The number of hydrogen-bond acceptors (Lipinski definition) is 5. The van der Waals surface area contributed by atoms with E-state index in [1.165, 1.54) is 5.70 Å². The third kappa shape index (κ3) is 7.81. The molecule has 0 atom stereocenters. The van der Waals surface area contributed by atoms with Crippen molar-refractivity contribution < 1.29 is 0 Å². The lowest BCUT2D eigenvalue weighted by Gasteiger charge is -2.35. The predicted octanol–water partition coefficient (Wildman–Crippen LogP) is 4.87. The molecule has 3 aromatic heterocycles. The van der Waals surface area contributed by atoms with Crippen LogP contribution >= 0.6 is 0 Å². The summed E-state index contributed by atoms with van der Waals surface area (Å²) in [5.41, 5.74) is 4.35. The van der Waals surface area contributed by atoms with Gasteiger partial charge in [0.15, 0.2) is 0 Å². The fourth-order valence-electron chi connectivity index (χ4n) is 4.55. The Balaban J connectivity index is 0.000000211. The predicted molar refractivity (Wildman–Crippen MR) is 161 cm³/mol. The smallest absolute Gasteiger partial charge is 0.126 e. The minimum Gasteiger partial charge on any atom is -0.375 e. The molecular weight excluding hydrogens is 470 g/mol. The summed E-state index contributed by atoms with van der Waals surface area (Å²) in [5, 5.41) is 13.8. The number of anilines is 1. The highest BCUT2D eigenvalue weighted by atomic mass is 15.3. The van der Waals surface area contributed by atoms with Gasteiger partial charge in [0.25, 0.3) is 0 Å². The summed E-state index contributed by atoms with van der Waals surface area (Å²) in [6, 6.07) is 2.54. The van der Waals surface area contributed by atoms with Crippen LogP contribution in [0.5, 0.6) is 0 Å². The molecule has 0 unspecified atom stereocenters. The van der Waals surface area contributed by atoms with Gasteiger partial charge in [0.2, 0.25) is 0 Å². The Bertz CT molecular complexity index is 1350. The molecule has 0 bridgehead atoms. The van der Waals surface area contributed by atoms with Crippen LogP contribution in [0.1, 0.15) is 57.2 Å². The Kier molecular flexibility index (Phi) is 10.3. The second kappa shape index (κ2) is 13.6. The molecule has 202 valence electrons. The average Bonchev–Trinajstić information content (AvgIpc) is 3.58. The summed E-state index contributed by atoms with van der Waals surface area (Å²) < 4.78 is 3.87. The second-order valence-electron chi connectivity index (χ2n) is 10.1. The van der Waals surface area contributed by atoms with Crippen molar-refractivity contribution in [3.8, 4) is 0 Å². The van der Waals surface area contributed by atoms with Crippen LogP contribution in [-0.2, 0) is 7.05 Å². The first-order valence-electron chi connectivity index (χ1n) is 13.3. The molecule has 0 radical (unpaired) electrons. The third-order valence-electron chi connectivity index (χ3n) is 6.73. The van der Waals surface area contributed by atoms with Gasteiger partial charge in [-0.2, -0.15) is 10.2 Å².